The summed E-state index contributed by atoms with van der Waals surface area (Å²) in [5.41, 5.74) is -1.32. The Morgan fingerprint density at radius 3 is 2.22 bits per heavy atom. The summed E-state index contributed by atoms with van der Waals surface area (Å²) >= 11 is 0. The van der Waals surface area contributed by atoms with E-state index in [2.05, 4.69) is 4.98 Å². The fourth-order valence-electron chi connectivity index (χ4n) is 2.32. The molecule has 0 saturated carbocycles. The van der Waals surface area contributed by atoms with Gasteiger partial charge < -0.3 is 5.11 Å². The van der Waals surface area contributed by atoms with Gasteiger partial charge in [-0.15, -0.1) is 0 Å². The molecule has 0 fully saturated rings. The average molecular weight is 252 g/mol. The number of imidazole rings is 1. The Labute approximate surface area is 107 Å². The highest BCUT2D eigenvalue weighted by Crippen LogP contribution is 2.32. The van der Waals surface area contributed by atoms with Crippen molar-refractivity contribution < 1.29 is 14.7 Å². The van der Waals surface area contributed by atoms with Crippen LogP contribution in [0.3, 0.4) is 0 Å². The number of nitrogens with zero attached hydrogens (tertiary/aromatic N) is 2. The number of aromatic nitrogens is 2. The number of carbonyl (C=O) groups excluding carboxylic acids is 1. The smallest absolute Gasteiger partial charge is 0.319 e. The Bertz CT molecular complexity index is 431. The zero-order chi connectivity index (χ0) is 13.8. The van der Waals surface area contributed by atoms with Gasteiger partial charge >= 0.3 is 5.97 Å². The number of carboxylic acid groups (broad SMARTS) is 1. The predicted molar refractivity (Wildman–Crippen MR) is 67.5 cm³/mol. The first-order valence-electron chi connectivity index (χ1n) is 6.27. The minimum Gasteiger partial charge on any atom is -0.480 e. The van der Waals surface area contributed by atoms with Crippen molar-refractivity contribution in [3.63, 3.8) is 0 Å². The molecule has 0 atom stereocenters. The fraction of sp³-hybridized carbons (Fsp3) is 0.615. The molecule has 0 radical (unpaired) electrons. The number of hydrogen-bond donors (Lipinski definition) is 1. The summed E-state index contributed by atoms with van der Waals surface area (Å²) in [6, 6.07) is 0. The number of aryl methyl sites for hydroxylation is 1. The number of carboxylic acids is 1. The summed E-state index contributed by atoms with van der Waals surface area (Å²) in [6.45, 7) is 5.48. The maximum absolute atomic E-state index is 12.5. The number of hydrogen-bond acceptors (Lipinski definition) is 3. The van der Waals surface area contributed by atoms with Gasteiger partial charge in [0.15, 0.2) is 0 Å². The summed E-state index contributed by atoms with van der Waals surface area (Å²) < 4.78 is 1.35. The van der Waals surface area contributed by atoms with E-state index >= 15 is 0 Å². The van der Waals surface area contributed by atoms with Crippen LogP contribution in [0.5, 0.6) is 0 Å². The van der Waals surface area contributed by atoms with E-state index in [9.17, 15) is 14.7 Å². The molecule has 0 aliphatic rings. The Morgan fingerprint density at radius 2 is 1.89 bits per heavy atom. The van der Waals surface area contributed by atoms with Gasteiger partial charge in [0.2, 0.25) is 5.91 Å². The molecule has 0 spiro atoms. The standard InChI is InChI=1S/C13H20N2O3/c1-4-6-13(7-5-2,12(17)18)11(16)15-9-8-14-10(15)3/h8-9H,4-7H2,1-3H3,(H,17,18). The van der Waals surface area contributed by atoms with Crippen LogP contribution in [0.2, 0.25) is 0 Å². The lowest BCUT2D eigenvalue weighted by Gasteiger charge is -2.27. The van der Waals surface area contributed by atoms with Gasteiger partial charge in [0, 0.05) is 12.4 Å². The Balaban J connectivity index is 3.21. The first-order valence-corrected chi connectivity index (χ1v) is 6.27. The number of rotatable bonds is 6. The molecule has 1 rings (SSSR count). The van der Waals surface area contributed by atoms with Crippen molar-refractivity contribution in [2.24, 2.45) is 5.41 Å². The van der Waals surface area contributed by atoms with E-state index < -0.39 is 11.4 Å². The quantitative estimate of drug-likeness (QED) is 0.789. The second kappa shape index (κ2) is 5.80. The molecule has 0 amide bonds. The van der Waals surface area contributed by atoms with Crippen molar-refractivity contribution in [1.29, 1.82) is 0 Å². The van der Waals surface area contributed by atoms with E-state index in [1.54, 1.807) is 6.92 Å². The predicted octanol–water partition coefficient (Wildman–Crippen LogP) is 2.50. The van der Waals surface area contributed by atoms with Crippen molar-refractivity contribution in [3.05, 3.63) is 18.2 Å². The Hall–Kier alpha value is -1.65. The van der Waals surface area contributed by atoms with Gasteiger partial charge in [0.25, 0.3) is 0 Å². The Kier molecular flexibility index (Phi) is 4.64. The van der Waals surface area contributed by atoms with Crippen molar-refractivity contribution in [3.8, 4) is 0 Å². The van der Waals surface area contributed by atoms with Crippen LogP contribution in [-0.2, 0) is 4.79 Å². The highest BCUT2D eigenvalue weighted by Gasteiger charge is 2.45. The molecule has 100 valence electrons. The van der Waals surface area contributed by atoms with Crippen LogP contribution in [0.25, 0.3) is 0 Å². The minimum absolute atomic E-state index is 0.354. The van der Waals surface area contributed by atoms with Crippen molar-refractivity contribution in [1.82, 2.24) is 9.55 Å². The molecule has 0 aromatic carbocycles. The molecule has 5 heteroatoms. The largest absolute Gasteiger partial charge is 0.480 e. The molecule has 0 unspecified atom stereocenters. The Morgan fingerprint density at radius 1 is 1.33 bits per heavy atom. The molecule has 1 N–H and O–H groups in total. The van der Waals surface area contributed by atoms with Gasteiger partial charge in [-0.2, -0.15) is 0 Å². The van der Waals surface area contributed by atoms with E-state index in [1.807, 2.05) is 13.8 Å². The van der Waals surface area contributed by atoms with E-state index in [4.69, 9.17) is 0 Å². The van der Waals surface area contributed by atoms with Crippen LogP contribution >= 0.6 is 0 Å². The van der Waals surface area contributed by atoms with Gasteiger partial charge in [-0.3, -0.25) is 14.2 Å². The van der Waals surface area contributed by atoms with Crippen LogP contribution in [0, 0.1) is 12.3 Å². The topological polar surface area (TPSA) is 72.2 Å². The minimum atomic E-state index is -1.32. The molecule has 0 saturated heterocycles. The third kappa shape index (κ3) is 2.44. The number of aliphatic carboxylic acids is 1. The van der Waals surface area contributed by atoms with E-state index in [1.165, 1.54) is 17.0 Å². The lowest BCUT2D eigenvalue weighted by Crippen LogP contribution is -2.42. The second-order valence-electron chi connectivity index (χ2n) is 4.54. The molecule has 1 heterocycles. The molecule has 0 bridgehead atoms. The molecule has 0 aliphatic carbocycles. The van der Waals surface area contributed by atoms with Crippen LogP contribution in [0.15, 0.2) is 12.4 Å². The summed E-state index contributed by atoms with van der Waals surface area (Å²) in [5.74, 6) is -0.893. The summed E-state index contributed by atoms with van der Waals surface area (Å²) in [5, 5.41) is 9.49. The highest BCUT2D eigenvalue weighted by molar-refractivity contribution is 6.03. The molecule has 1 aromatic rings. The second-order valence-corrected chi connectivity index (χ2v) is 4.54. The summed E-state index contributed by atoms with van der Waals surface area (Å²) in [4.78, 5) is 28.1. The molecule has 1 aromatic heterocycles. The normalized spacial score (nSPS) is 11.5. The molecular weight excluding hydrogens is 232 g/mol. The SMILES string of the molecule is CCCC(CCC)(C(=O)O)C(=O)n1ccnc1C. The maximum atomic E-state index is 12.5. The van der Waals surface area contributed by atoms with Crippen LogP contribution in [-0.4, -0.2) is 26.5 Å². The third-order valence-electron chi connectivity index (χ3n) is 3.22. The van der Waals surface area contributed by atoms with Gasteiger partial charge in [-0.05, 0) is 19.8 Å². The van der Waals surface area contributed by atoms with Crippen molar-refractivity contribution in [2.45, 2.75) is 46.5 Å². The van der Waals surface area contributed by atoms with Crippen LogP contribution in [0.1, 0.15) is 50.1 Å². The van der Waals surface area contributed by atoms with Gasteiger partial charge in [0.1, 0.15) is 11.2 Å². The highest BCUT2D eigenvalue weighted by atomic mass is 16.4. The van der Waals surface area contributed by atoms with E-state index in [0.717, 1.165) is 0 Å². The number of carbonyl (C=O) groups is 2. The van der Waals surface area contributed by atoms with E-state index in [-0.39, 0.29) is 5.91 Å². The molecule has 18 heavy (non-hydrogen) atoms. The molecule has 5 nitrogen and oxygen atoms in total. The summed E-state index contributed by atoms with van der Waals surface area (Å²) in [7, 11) is 0. The van der Waals surface area contributed by atoms with Gasteiger partial charge in [-0.1, -0.05) is 26.7 Å². The average Bonchev–Trinajstić information content (AvgIpc) is 2.73. The third-order valence-corrected chi connectivity index (χ3v) is 3.22. The first-order chi connectivity index (χ1) is 8.49. The van der Waals surface area contributed by atoms with Gasteiger partial charge in [-0.25, -0.2) is 4.98 Å². The van der Waals surface area contributed by atoms with Crippen molar-refractivity contribution in [2.75, 3.05) is 0 Å². The monoisotopic (exact) mass is 252 g/mol. The van der Waals surface area contributed by atoms with Crippen LogP contribution < -0.4 is 0 Å². The molecular formula is C13H20N2O3. The first kappa shape index (κ1) is 14.4. The van der Waals surface area contributed by atoms with Crippen molar-refractivity contribution >= 4 is 11.9 Å². The lowest BCUT2D eigenvalue weighted by atomic mass is 9.78. The zero-order valence-corrected chi connectivity index (χ0v) is 11.1. The molecule has 0 aliphatic heterocycles. The summed E-state index contributed by atoms with van der Waals surface area (Å²) in [6.07, 6.45) is 5.06. The maximum Gasteiger partial charge on any atom is 0.319 e. The zero-order valence-electron chi connectivity index (χ0n) is 11.1. The van der Waals surface area contributed by atoms with Gasteiger partial charge in [0.05, 0.1) is 0 Å². The fourth-order valence-corrected chi connectivity index (χ4v) is 2.32. The van der Waals surface area contributed by atoms with E-state index in [0.29, 0.717) is 31.5 Å². The lowest BCUT2D eigenvalue weighted by molar-refractivity contribution is -0.147. The van der Waals surface area contributed by atoms with Crippen LogP contribution in [0.4, 0.5) is 0 Å².